The maximum atomic E-state index is 12.9. The number of hydrogen-bond acceptors (Lipinski definition) is 3. The topological polar surface area (TPSA) is 66.5 Å². The zero-order valence-corrected chi connectivity index (χ0v) is 8.55. The van der Waals surface area contributed by atoms with E-state index in [9.17, 15) is 13.9 Å². The summed E-state index contributed by atoms with van der Waals surface area (Å²) in [5.74, 6) is -3.51. The summed E-state index contributed by atoms with van der Waals surface area (Å²) >= 11 is 2.75. The first kappa shape index (κ1) is 11.4. The molecule has 0 heterocycles. The van der Waals surface area contributed by atoms with Crippen molar-refractivity contribution in [2.45, 2.75) is 6.10 Å². The van der Waals surface area contributed by atoms with Crippen molar-refractivity contribution in [3.63, 3.8) is 0 Å². The lowest BCUT2D eigenvalue weighted by Gasteiger charge is -2.11. The van der Waals surface area contributed by atoms with Crippen LogP contribution in [0.3, 0.4) is 0 Å². The summed E-state index contributed by atoms with van der Waals surface area (Å²) in [5.41, 5.74) is 4.98. The molecule has 14 heavy (non-hydrogen) atoms. The number of aromatic hydroxyl groups is 1. The molecule has 1 aromatic rings. The summed E-state index contributed by atoms with van der Waals surface area (Å²) in [4.78, 5) is 0. The van der Waals surface area contributed by atoms with Crippen molar-refractivity contribution in [2.24, 2.45) is 5.73 Å². The normalized spacial score (nSPS) is 12.9. The molecule has 0 aliphatic heterocycles. The summed E-state index contributed by atoms with van der Waals surface area (Å²) < 4.78 is 25.6. The van der Waals surface area contributed by atoms with Crippen LogP contribution in [0.2, 0.25) is 0 Å². The second-order valence-corrected chi connectivity index (χ2v) is 3.53. The zero-order valence-electron chi connectivity index (χ0n) is 6.97. The third-order valence-electron chi connectivity index (χ3n) is 1.75. The van der Waals surface area contributed by atoms with Crippen molar-refractivity contribution in [1.29, 1.82) is 0 Å². The number of aliphatic hydroxyl groups is 1. The maximum Gasteiger partial charge on any atom is 0.201 e. The Hall–Kier alpha value is -0.720. The van der Waals surface area contributed by atoms with Crippen molar-refractivity contribution >= 4 is 15.9 Å². The molecule has 1 unspecified atom stereocenters. The molecular weight excluding hydrogens is 260 g/mol. The Morgan fingerprint density at radius 2 is 2.00 bits per heavy atom. The van der Waals surface area contributed by atoms with Gasteiger partial charge in [-0.2, -0.15) is 4.39 Å². The molecule has 0 amide bonds. The van der Waals surface area contributed by atoms with Gasteiger partial charge in [0.2, 0.25) is 5.82 Å². The van der Waals surface area contributed by atoms with Gasteiger partial charge in [-0.1, -0.05) is 0 Å². The van der Waals surface area contributed by atoms with E-state index in [1.807, 2.05) is 0 Å². The van der Waals surface area contributed by atoms with Crippen LogP contribution in [0.15, 0.2) is 10.5 Å². The molecule has 0 radical (unpaired) electrons. The van der Waals surface area contributed by atoms with Gasteiger partial charge >= 0.3 is 0 Å². The number of phenolic OH excluding ortho intramolecular Hbond substituents is 1. The van der Waals surface area contributed by atoms with Crippen molar-refractivity contribution < 1.29 is 19.0 Å². The molecule has 0 saturated carbocycles. The highest BCUT2D eigenvalue weighted by Crippen LogP contribution is 2.32. The zero-order chi connectivity index (χ0) is 10.9. The van der Waals surface area contributed by atoms with Crippen LogP contribution in [-0.4, -0.2) is 16.8 Å². The quantitative estimate of drug-likeness (QED) is 0.711. The van der Waals surface area contributed by atoms with Crippen LogP contribution in [0, 0.1) is 11.6 Å². The van der Waals surface area contributed by atoms with Crippen molar-refractivity contribution in [1.82, 2.24) is 0 Å². The monoisotopic (exact) mass is 267 g/mol. The maximum absolute atomic E-state index is 12.9. The average Bonchev–Trinajstić information content (AvgIpc) is 2.19. The number of benzene rings is 1. The van der Waals surface area contributed by atoms with Crippen molar-refractivity contribution in [3.05, 3.63) is 27.7 Å². The highest BCUT2D eigenvalue weighted by atomic mass is 79.9. The van der Waals surface area contributed by atoms with Crippen LogP contribution in [-0.2, 0) is 0 Å². The first-order valence-electron chi connectivity index (χ1n) is 3.73. The van der Waals surface area contributed by atoms with Gasteiger partial charge in [-0.3, -0.25) is 0 Å². The van der Waals surface area contributed by atoms with Gasteiger partial charge in [0, 0.05) is 12.1 Å². The molecule has 0 fully saturated rings. The van der Waals surface area contributed by atoms with E-state index in [1.54, 1.807) is 0 Å². The van der Waals surface area contributed by atoms with Gasteiger partial charge in [0.25, 0.3) is 0 Å². The Morgan fingerprint density at radius 1 is 1.43 bits per heavy atom. The SMILES string of the molecule is NCC(O)c1cc(Br)c(F)c(F)c1O. The van der Waals surface area contributed by atoms with Crippen LogP contribution in [0.1, 0.15) is 11.7 Å². The Kier molecular flexibility index (Phi) is 3.41. The highest BCUT2D eigenvalue weighted by molar-refractivity contribution is 9.10. The first-order chi connectivity index (χ1) is 6.49. The highest BCUT2D eigenvalue weighted by Gasteiger charge is 2.20. The number of halogens is 3. The van der Waals surface area contributed by atoms with Gasteiger partial charge in [-0.25, -0.2) is 4.39 Å². The van der Waals surface area contributed by atoms with E-state index < -0.39 is 23.5 Å². The molecule has 6 heteroatoms. The van der Waals surface area contributed by atoms with Crippen LogP contribution in [0.25, 0.3) is 0 Å². The number of rotatable bonds is 2. The molecule has 78 valence electrons. The van der Waals surface area contributed by atoms with Gasteiger partial charge < -0.3 is 15.9 Å². The van der Waals surface area contributed by atoms with E-state index >= 15 is 0 Å². The van der Waals surface area contributed by atoms with Crippen molar-refractivity contribution in [3.8, 4) is 5.75 Å². The van der Waals surface area contributed by atoms with Crippen molar-refractivity contribution in [2.75, 3.05) is 6.54 Å². The van der Waals surface area contributed by atoms with Gasteiger partial charge in [0.1, 0.15) is 0 Å². The number of nitrogens with two attached hydrogens (primary N) is 1. The van der Waals surface area contributed by atoms with Crippen LogP contribution < -0.4 is 5.73 Å². The third kappa shape index (κ3) is 1.87. The van der Waals surface area contributed by atoms with E-state index in [4.69, 9.17) is 10.8 Å². The molecule has 1 atom stereocenters. The number of aliphatic hydroxyl groups excluding tert-OH is 1. The van der Waals surface area contributed by atoms with Gasteiger partial charge in [0.05, 0.1) is 10.6 Å². The summed E-state index contributed by atoms with van der Waals surface area (Å²) in [6, 6.07) is 1.09. The van der Waals surface area contributed by atoms with Gasteiger partial charge in [0.15, 0.2) is 11.6 Å². The van der Waals surface area contributed by atoms with E-state index in [0.29, 0.717) is 0 Å². The van der Waals surface area contributed by atoms with Gasteiger partial charge in [-0.05, 0) is 22.0 Å². The Labute approximate surface area is 87.3 Å². The van der Waals surface area contributed by atoms with Crippen LogP contribution in [0.5, 0.6) is 5.75 Å². The minimum absolute atomic E-state index is 0.140. The standard InChI is InChI=1S/C8H8BrF2NO2/c9-4-1-3(5(13)2-12)8(14)7(11)6(4)10/h1,5,13-14H,2,12H2. The van der Waals surface area contributed by atoms with E-state index in [2.05, 4.69) is 15.9 Å². The Bertz CT molecular complexity index is 360. The second-order valence-electron chi connectivity index (χ2n) is 2.68. The Morgan fingerprint density at radius 3 is 2.50 bits per heavy atom. The summed E-state index contributed by atoms with van der Waals surface area (Å²) in [6.07, 6.45) is -1.22. The lowest BCUT2D eigenvalue weighted by atomic mass is 10.1. The van der Waals surface area contributed by atoms with Crippen LogP contribution >= 0.6 is 15.9 Å². The summed E-state index contributed by atoms with van der Waals surface area (Å²) in [5, 5.41) is 18.4. The summed E-state index contributed by atoms with van der Waals surface area (Å²) in [7, 11) is 0. The molecule has 3 nitrogen and oxygen atoms in total. The summed E-state index contributed by atoms with van der Waals surface area (Å²) in [6.45, 7) is -0.189. The third-order valence-corrected chi connectivity index (χ3v) is 2.33. The lowest BCUT2D eigenvalue weighted by molar-refractivity contribution is 0.181. The second kappa shape index (κ2) is 4.20. The molecule has 1 rings (SSSR count). The fourth-order valence-electron chi connectivity index (χ4n) is 0.985. The number of phenols is 1. The first-order valence-corrected chi connectivity index (χ1v) is 4.52. The largest absolute Gasteiger partial charge is 0.504 e. The molecule has 0 aromatic heterocycles. The van der Waals surface area contributed by atoms with E-state index in [0.717, 1.165) is 6.07 Å². The average molecular weight is 268 g/mol. The molecule has 0 aliphatic rings. The van der Waals surface area contributed by atoms with Gasteiger partial charge in [-0.15, -0.1) is 0 Å². The molecule has 1 aromatic carbocycles. The Balaban J connectivity index is 3.33. The molecule has 0 bridgehead atoms. The fourth-order valence-corrected chi connectivity index (χ4v) is 1.41. The molecule has 0 saturated heterocycles. The predicted octanol–water partition coefficient (Wildman–Crippen LogP) is 1.42. The smallest absolute Gasteiger partial charge is 0.201 e. The number of hydrogen-bond donors (Lipinski definition) is 3. The van der Waals surface area contributed by atoms with Crippen LogP contribution in [0.4, 0.5) is 8.78 Å². The van der Waals surface area contributed by atoms with E-state index in [-0.39, 0.29) is 16.6 Å². The molecule has 4 N–H and O–H groups in total. The minimum atomic E-state index is -1.40. The molecular formula is C8H8BrF2NO2. The minimum Gasteiger partial charge on any atom is -0.504 e. The molecule has 0 spiro atoms. The lowest BCUT2D eigenvalue weighted by Crippen LogP contribution is -2.12. The predicted molar refractivity (Wildman–Crippen MR) is 49.7 cm³/mol. The fraction of sp³-hybridized carbons (Fsp3) is 0.250. The van der Waals surface area contributed by atoms with E-state index in [1.165, 1.54) is 0 Å². The molecule has 0 aliphatic carbocycles.